The number of hydrogen-bond donors (Lipinski definition) is 0. The number of nitrogens with zero attached hydrogens (tertiary/aromatic N) is 3. The van der Waals surface area contributed by atoms with Crippen LogP contribution in [0.5, 0.6) is 0 Å². The van der Waals surface area contributed by atoms with Gasteiger partial charge in [-0.25, -0.2) is 9.97 Å². The van der Waals surface area contributed by atoms with E-state index in [1.807, 2.05) is 0 Å². The minimum absolute atomic E-state index is 0.0888. The van der Waals surface area contributed by atoms with E-state index in [9.17, 15) is 8.78 Å². The van der Waals surface area contributed by atoms with Gasteiger partial charge in [0, 0.05) is 13.1 Å². The molecule has 1 aliphatic heterocycles. The molecule has 1 aromatic rings. The molecular weight excluding hydrogens is 212 g/mol. The highest BCUT2D eigenvalue weighted by Crippen LogP contribution is 2.26. The van der Waals surface area contributed by atoms with Crippen LogP contribution in [-0.4, -0.2) is 23.1 Å². The van der Waals surface area contributed by atoms with E-state index in [0.29, 0.717) is 11.8 Å². The maximum absolute atomic E-state index is 13.5. The normalized spacial score (nSPS) is 25.9. The second-order valence-corrected chi connectivity index (χ2v) is 4.65. The van der Waals surface area contributed by atoms with Gasteiger partial charge in [0.2, 0.25) is 5.82 Å². The molecule has 0 radical (unpaired) electrons. The molecule has 3 nitrogen and oxygen atoms in total. The molecule has 0 aromatic carbocycles. The van der Waals surface area contributed by atoms with Crippen molar-refractivity contribution in [2.45, 2.75) is 20.3 Å². The lowest BCUT2D eigenvalue weighted by Gasteiger charge is -2.35. The van der Waals surface area contributed by atoms with Crippen molar-refractivity contribution in [2.24, 2.45) is 11.8 Å². The smallest absolute Gasteiger partial charge is 0.254 e. The third-order valence-electron chi connectivity index (χ3n) is 2.90. The predicted octanol–water partition coefficient (Wildman–Crippen LogP) is 2.24. The van der Waals surface area contributed by atoms with Crippen LogP contribution in [0, 0.1) is 23.6 Å². The number of anilines is 1. The topological polar surface area (TPSA) is 29.0 Å². The van der Waals surface area contributed by atoms with Gasteiger partial charge in [-0.05, 0) is 18.3 Å². The van der Waals surface area contributed by atoms with Crippen molar-refractivity contribution >= 4 is 5.82 Å². The van der Waals surface area contributed by atoms with E-state index in [0.717, 1.165) is 25.8 Å². The van der Waals surface area contributed by atoms with Gasteiger partial charge < -0.3 is 4.90 Å². The largest absolute Gasteiger partial charge is 0.353 e. The highest BCUT2D eigenvalue weighted by molar-refractivity contribution is 5.39. The van der Waals surface area contributed by atoms with Gasteiger partial charge in [0.25, 0.3) is 5.95 Å². The molecule has 0 N–H and O–H groups in total. The minimum Gasteiger partial charge on any atom is -0.353 e. The van der Waals surface area contributed by atoms with Crippen LogP contribution in [0.1, 0.15) is 20.3 Å². The number of halogens is 2. The fourth-order valence-electron chi connectivity index (χ4n) is 2.40. The molecule has 0 amide bonds. The summed E-state index contributed by atoms with van der Waals surface area (Å²) in [4.78, 5) is 8.83. The summed E-state index contributed by atoms with van der Waals surface area (Å²) in [6.45, 7) is 5.66. The zero-order valence-corrected chi connectivity index (χ0v) is 9.45. The Morgan fingerprint density at radius 3 is 2.44 bits per heavy atom. The van der Waals surface area contributed by atoms with Crippen LogP contribution in [0.4, 0.5) is 14.6 Å². The van der Waals surface area contributed by atoms with Gasteiger partial charge in [0.05, 0.1) is 0 Å². The van der Waals surface area contributed by atoms with E-state index in [1.165, 1.54) is 0 Å². The highest BCUT2D eigenvalue weighted by Gasteiger charge is 2.25. The molecule has 0 bridgehead atoms. The molecule has 1 saturated heterocycles. The van der Waals surface area contributed by atoms with Crippen LogP contribution >= 0.6 is 0 Å². The fourth-order valence-corrected chi connectivity index (χ4v) is 2.40. The third-order valence-corrected chi connectivity index (χ3v) is 2.90. The zero-order chi connectivity index (χ0) is 11.7. The first-order valence-corrected chi connectivity index (χ1v) is 5.49. The van der Waals surface area contributed by atoms with Crippen LogP contribution in [0.2, 0.25) is 0 Å². The van der Waals surface area contributed by atoms with Gasteiger partial charge in [0.15, 0.2) is 5.82 Å². The average Bonchev–Trinajstić information content (AvgIpc) is 2.20. The van der Waals surface area contributed by atoms with Crippen LogP contribution in [0.15, 0.2) is 6.33 Å². The van der Waals surface area contributed by atoms with E-state index in [2.05, 4.69) is 23.8 Å². The van der Waals surface area contributed by atoms with Crippen LogP contribution < -0.4 is 4.90 Å². The molecular formula is C11H15F2N3. The Hall–Kier alpha value is -1.26. The van der Waals surface area contributed by atoms with Gasteiger partial charge in [-0.3, -0.25) is 0 Å². The molecule has 1 fully saturated rings. The fraction of sp³-hybridized carbons (Fsp3) is 0.636. The van der Waals surface area contributed by atoms with Gasteiger partial charge in [-0.15, -0.1) is 0 Å². The summed E-state index contributed by atoms with van der Waals surface area (Å²) in [6, 6.07) is 0. The van der Waals surface area contributed by atoms with Crippen molar-refractivity contribution in [3.63, 3.8) is 0 Å². The molecule has 88 valence electrons. The molecule has 2 atom stereocenters. The lowest BCUT2D eigenvalue weighted by molar-refractivity contribution is 0.350. The van der Waals surface area contributed by atoms with Crippen molar-refractivity contribution in [1.29, 1.82) is 0 Å². The predicted molar refractivity (Wildman–Crippen MR) is 57.1 cm³/mol. The maximum Gasteiger partial charge on any atom is 0.254 e. The molecule has 5 heteroatoms. The molecule has 0 spiro atoms. The third kappa shape index (κ3) is 2.13. The summed E-state index contributed by atoms with van der Waals surface area (Å²) >= 11 is 0. The highest BCUT2D eigenvalue weighted by atomic mass is 19.2. The number of piperidine rings is 1. The van der Waals surface area contributed by atoms with E-state index in [1.54, 1.807) is 4.90 Å². The van der Waals surface area contributed by atoms with Crippen LogP contribution in [0.3, 0.4) is 0 Å². The second-order valence-electron chi connectivity index (χ2n) is 4.65. The lowest BCUT2D eigenvalue weighted by Crippen LogP contribution is -2.39. The van der Waals surface area contributed by atoms with Crippen molar-refractivity contribution < 1.29 is 8.78 Å². The standard InChI is InChI=1S/C11H15F2N3/c1-7-3-8(2)5-16(4-7)11-9(12)10(13)14-6-15-11/h6-8H,3-5H2,1-2H3/t7-,8+. The quantitative estimate of drug-likeness (QED) is 0.689. The van der Waals surface area contributed by atoms with E-state index < -0.39 is 11.8 Å². The zero-order valence-electron chi connectivity index (χ0n) is 9.45. The van der Waals surface area contributed by atoms with Gasteiger partial charge >= 0.3 is 0 Å². The first-order valence-electron chi connectivity index (χ1n) is 5.49. The van der Waals surface area contributed by atoms with Crippen molar-refractivity contribution in [3.05, 3.63) is 18.1 Å². The summed E-state index contributed by atoms with van der Waals surface area (Å²) in [7, 11) is 0. The first-order chi connectivity index (χ1) is 7.58. The molecule has 2 heterocycles. The van der Waals surface area contributed by atoms with Crippen molar-refractivity contribution in [3.8, 4) is 0 Å². The molecule has 0 aliphatic carbocycles. The Morgan fingerprint density at radius 2 is 1.81 bits per heavy atom. The Labute approximate surface area is 93.5 Å². The van der Waals surface area contributed by atoms with Crippen molar-refractivity contribution in [2.75, 3.05) is 18.0 Å². The monoisotopic (exact) mass is 227 g/mol. The van der Waals surface area contributed by atoms with E-state index in [4.69, 9.17) is 0 Å². The first kappa shape index (κ1) is 11.2. The number of hydrogen-bond acceptors (Lipinski definition) is 3. The van der Waals surface area contributed by atoms with E-state index in [-0.39, 0.29) is 5.82 Å². The molecule has 1 aliphatic rings. The van der Waals surface area contributed by atoms with Gasteiger partial charge in [-0.1, -0.05) is 13.8 Å². The Kier molecular flexibility index (Phi) is 3.03. The Bertz CT molecular complexity index is 373. The van der Waals surface area contributed by atoms with Crippen molar-refractivity contribution in [1.82, 2.24) is 9.97 Å². The molecule has 16 heavy (non-hydrogen) atoms. The SMILES string of the molecule is C[C@@H]1C[C@H](C)CN(c2ncnc(F)c2F)C1. The summed E-state index contributed by atoms with van der Waals surface area (Å²) in [5.41, 5.74) is 0. The maximum atomic E-state index is 13.5. The van der Waals surface area contributed by atoms with Crippen LogP contribution in [-0.2, 0) is 0 Å². The number of rotatable bonds is 1. The number of aromatic nitrogens is 2. The second kappa shape index (κ2) is 4.31. The van der Waals surface area contributed by atoms with E-state index >= 15 is 0 Å². The summed E-state index contributed by atoms with van der Waals surface area (Å²) in [5, 5.41) is 0. The minimum atomic E-state index is -1.07. The van der Waals surface area contributed by atoms with Crippen LogP contribution in [0.25, 0.3) is 0 Å². The van der Waals surface area contributed by atoms with Gasteiger partial charge in [-0.2, -0.15) is 8.78 Å². The summed E-state index contributed by atoms with van der Waals surface area (Å²) in [6.07, 6.45) is 2.18. The molecule has 2 rings (SSSR count). The lowest BCUT2D eigenvalue weighted by atomic mass is 9.92. The summed E-state index contributed by atoms with van der Waals surface area (Å²) in [5.74, 6) is -0.979. The molecule has 0 saturated carbocycles. The summed E-state index contributed by atoms with van der Waals surface area (Å²) < 4.78 is 26.5. The molecule has 1 aromatic heterocycles. The Morgan fingerprint density at radius 1 is 1.19 bits per heavy atom. The average molecular weight is 227 g/mol. The molecule has 0 unspecified atom stereocenters. The van der Waals surface area contributed by atoms with Gasteiger partial charge in [0.1, 0.15) is 6.33 Å². The Balaban J connectivity index is 2.26.